The molecule has 1 unspecified atom stereocenters. The van der Waals surface area contributed by atoms with Crippen LogP contribution in [0, 0.1) is 0 Å². The fraction of sp³-hybridized carbons (Fsp3) is 0.900. The van der Waals surface area contributed by atoms with E-state index in [-0.39, 0.29) is 5.91 Å². The average Bonchev–Trinajstić information content (AvgIpc) is 2.15. The smallest absolute Gasteiger partial charge is 0.220 e. The lowest BCUT2D eigenvalue weighted by atomic mass is 10.2. The third kappa shape index (κ3) is 8.38. The van der Waals surface area contributed by atoms with Crippen molar-refractivity contribution in [1.29, 1.82) is 0 Å². The minimum absolute atomic E-state index is 0.175. The predicted octanol–water partition coefficient (Wildman–Crippen LogP) is 1.24. The van der Waals surface area contributed by atoms with Gasteiger partial charge in [0, 0.05) is 12.5 Å². The quantitative estimate of drug-likeness (QED) is 0.602. The molecule has 0 bridgehead atoms. The summed E-state index contributed by atoms with van der Waals surface area (Å²) >= 11 is 1.82. The van der Waals surface area contributed by atoms with Crippen molar-refractivity contribution < 1.29 is 4.79 Å². The molecule has 0 saturated carbocycles. The summed E-state index contributed by atoms with van der Waals surface area (Å²) in [6.07, 6.45) is 4.68. The van der Waals surface area contributed by atoms with Crippen molar-refractivity contribution in [3.63, 3.8) is 0 Å². The van der Waals surface area contributed by atoms with E-state index < -0.39 is 0 Å². The largest absolute Gasteiger partial charge is 0.354 e. The Morgan fingerprint density at radius 2 is 2.21 bits per heavy atom. The van der Waals surface area contributed by atoms with Gasteiger partial charge in [-0.25, -0.2) is 0 Å². The maximum Gasteiger partial charge on any atom is 0.220 e. The molecule has 1 amide bonds. The summed E-state index contributed by atoms with van der Waals surface area (Å²) in [4.78, 5) is 11.3. The lowest BCUT2D eigenvalue weighted by molar-refractivity contribution is -0.121. The first-order valence-corrected chi connectivity index (χ1v) is 6.53. The van der Waals surface area contributed by atoms with Crippen LogP contribution in [0.4, 0.5) is 0 Å². The molecule has 0 radical (unpaired) electrons. The fourth-order valence-corrected chi connectivity index (χ4v) is 1.73. The Morgan fingerprint density at radius 3 is 2.79 bits per heavy atom. The second-order valence-corrected chi connectivity index (χ2v) is 4.44. The summed E-state index contributed by atoms with van der Waals surface area (Å²) in [6, 6.07) is 0.310. The van der Waals surface area contributed by atoms with Crippen molar-refractivity contribution in [3.05, 3.63) is 0 Å². The molecule has 0 fully saturated rings. The number of hydrogen-bond acceptors (Lipinski definition) is 3. The van der Waals surface area contributed by atoms with Crippen molar-refractivity contribution in [3.8, 4) is 0 Å². The van der Waals surface area contributed by atoms with Crippen LogP contribution in [0.3, 0.4) is 0 Å². The Labute approximate surface area is 91.4 Å². The van der Waals surface area contributed by atoms with Gasteiger partial charge in [-0.1, -0.05) is 0 Å². The maximum absolute atomic E-state index is 11.3. The molecule has 0 spiro atoms. The molecule has 0 aromatic rings. The van der Waals surface area contributed by atoms with Crippen molar-refractivity contribution in [2.24, 2.45) is 0 Å². The molecule has 1 atom stereocenters. The molecule has 0 aliphatic rings. The van der Waals surface area contributed by atoms with Gasteiger partial charge in [0.2, 0.25) is 5.91 Å². The number of rotatable bonds is 8. The van der Waals surface area contributed by atoms with Gasteiger partial charge in [0.1, 0.15) is 0 Å². The van der Waals surface area contributed by atoms with Crippen LogP contribution in [0.5, 0.6) is 0 Å². The minimum Gasteiger partial charge on any atom is -0.354 e. The fourth-order valence-electron chi connectivity index (χ4n) is 1.14. The summed E-state index contributed by atoms with van der Waals surface area (Å²) in [6.45, 7) is 2.97. The Kier molecular flexibility index (Phi) is 9.19. The van der Waals surface area contributed by atoms with E-state index in [1.54, 1.807) is 0 Å². The molecule has 0 aliphatic heterocycles. The monoisotopic (exact) mass is 218 g/mol. The highest BCUT2D eigenvalue weighted by Gasteiger charge is 2.05. The van der Waals surface area contributed by atoms with Gasteiger partial charge < -0.3 is 10.6 Å². The summed E-state index contributed by atoms with van der Waals surface area (Å²) in [7, 11) is 1.90. The number of hydrogen-bond donors (Lipinski definition) is 2. The van der Waals surface area contributed by atoms with Crippen LogP contribution in [0.25, 0.3) is 0 Å². The van der Waals surface area contributed by atoms with E-state index in [0.717, 1.165) is 25.1 Å². The van der Waals surface area contributed by atoms with Gasteiger partial charge in [0.05, 0.1) is 0 Å². The normalized spacial score (nSPS) is 12.5. The maximum atomic E-state index is 11.3. The van der Waals surface area contributed by atoms with Gasteiger partial charge in [-0.2, -0.15) is 11.8 Å². The van der Waals surface area contributed by atoms with Gasteiger partial charge in [0.25, 0.3) is 0 Å². The van der Waals surface area contributed by atoms with Crippen molar-refractivity contribution in [2.45, 2.75) is 32.2 Å². The molecule has 2 N–H and O–H groups in total. The molecule has 0 aromatic heterocycles. The van der Waals surface area contributed by atoms with Gasteiger partial charge in [0.15, 0.2) is 0 Å². The highest BCUT2D eigenvalue weighted by Crippen LogP contribution is 2.00. The highest BCUT2D eigenvalue weighted by molar-refractivity contribution is 7.98. The summed E-state index contributed by atoms with van der Waals surface area (Å²) in [5.74, 6) is 1.28. The molecule has 0 aliphatic carbocycles. The third-order valence-electron chi connectivity index (χ3n) is 1.99. The molecular weight excluding hydrogens is 196 g/mol. The number of amides is 1. The van der Waals surface area contributed by atoms with E-state index >= 15 is 0 Å². The third-order valence-corrected chi connectivity index (χ3v) is 2.64. The van der Waals surface area contributed by atoms with Crippen LogP contribution in [0.1, 0.15) is 26.2 Å². The van der Waals surface area contributed by atoms with Crippen LogP contribution >= 0.6 is 11.8 Å². The molecule has 84 valence electrons. The van der Waals surface area contributed by atoms with E-state index in [4.69, 9.17) is 0 Å². The van der Waals surface area contributed by atoms with Crippen LogP contribution in [-0.2, 0) is 4.79 Å². The van der Waals surface area contributed by atoms with E-state index in [1.807, 2.05) is 18.8 Å². The van der Waals surface area contributed by atoms with Crippen molar-refractivity contribution in [2.75, 3.05) is 25.6 Å². The van der Waals surface area contributed by atoms with Crippen molar-refractivity contribution >= 4 is 17.7 Å². The first kappa shape index (κ1) is 13.8. The summed E-state index contributed by atoms with van der Waals surface area (Å²) in [5.41, 5.74) is 0. The standard InChI is InChI=1S/C10H22N2OS/c1-9(6-8-14-3)12-10(13)5-4-7-11-2/h9,11H,4-8H2,1-3H3,(H,12,13). The molecule has 14 heavy (non-hydrogen) atoms. The number of thioether (sulfide) groups is 1. The lowest BCUT2D eigenvalue weighted by Gasteiger charge is -2.12. The molecule has 4 heteroatoms. The summed E-state index contributed by atoms with van der Waals surface area (Å²) in [5, 5.41) is 6.02. The average molecular weight is 218 g/mol. The van der Waals surface area contributed by atoms with Gasteiger partial charge in [-0.3, -0.25) is 4.79 Å². The predicted molar refractivity (Wildman–Crippen MR) is 63.8 cm³/mol. The van der Waals surface area contributed by atoms with Crippen LogP contribution in [0.2, 0.25) is 0 Å². The van der Waals surface area contributed by atoms with Crippen LogP contribution in [0.15, 0.2) is 0 Å². The van der Waals surface area contributed by atoms with E-state index in [1.165, 1.54) is 0 Å². The van der Waals surface area contributed by atoms with Gasteiger partial charge in [-0.15, -0.1) is 0 Å². The molecule has 0 aromatic carbocycles. The Bertz CT molecular complexity index is 153. The van der Waals surface area contributed by atoms with Gasteiger partial charge in [-0.05, 0) is 45.4 Å². The molecule has 3 nitrogen and oxygen atoms in total. The zero-order chi connectivity index (χ0) is 10.8. The van der Waals surface area contributed by atoms with Crippen LogP contribution < -0.4 is 10.6 Å². The van der Waals surface area contributed by atoms with E-state index in [9.17, 15) is 4.79 Å². The zero-order valence-electron chi connectivity index (χ0n) is 9.43. The topological polar surface area (TPSA) is 41.1 Å². The van der Waals surface area contributed by atoms with Crippen molar-refractivity contribution in [1.82, 2.24) is 10.6 Å². The summed E-state index contributed by atoms with van der Waals surface area (Å²) < 4.78 is 0. The highest BCUT2D eigenvalue weighted by atomic mass is 32.2. The van der Waals surface area contributed by atoms with Crippen LogP contribution in [-0.4, -0.2) is 37.6 Å². The second kappa shape index (κ2) is 9.34. The molecule has 0 heterocycles. The molecule has 0 saturated heterocycles. The Morgan fingerprint density at radius 1 is 1.50 bits per heavy atom. The van der Waals surface area contributed by atoms with E-state index in [0.29, 0.717) is 12.5 Å². The first-order chi connectivity index (χ1) is 6.70. The number of carbonyl (C=O) groups excluding carboxylic acids is 1. The second-order valence-electron chi connectivity index (χ2n) is 3.46. The first-order valence-electron chi connectivity index (χ1n) is 5.13. The minimum atomic E-state index is 0.175. The lowest BCUT2D eigenvalue weighted by Crippen LogP contribution is -2.33. The van der Waals surface area contributed by atoms with Gasteiger partial charge >= 0.3 is 0 Å². The van der Waals surface area contributed by atoms with E-state index in [2.05, 4.69) is 23.8 Å². The molecular formula is C10H22N2OS. The SMILES string of the molecule is CNCCCC(=O)NC(C)CCSC. The zero-order valence-corrected chi connectivity index (χ0v) is 10.2. The Balaban J connectivity index is 3.40. The molecule has 0 rings (SSSR count). The number of nitrogens with one attached hydrogen (secondary N) is 2. The Hall–Kier alpha value is -0.220. The number of carbonyl (C=O) groups is 1.